The molecule has 3 aromatic rings. The minimum absolute atomic E-state index is 0.0627. The van der Waals surface area contributed by atoms with E-state index in [0.717, 1.165) is 22.4 Å². The predicted molar refractivity (Wildman–Crippen MR) is 96.7 cm³/mol. The molecule has 0 aliphatic rings. The van der Waals surface area contributed by atoms with E-state index in [0.29, 0.717) is 9.90 Å². The molecule has 2 aromatic carbocycles. The lowest BCUT2D eigenvalue weighted by Crippen LogP contribution is -2.16. The summed E-state index contributed by atoms with van der Waals surface area (Å²) in [5.41, 5.74) is 2.11. The van der Waals surface area contributed by atoms with Gasteiger partial charge in [-0.25, -0.2) is 5.43 Å². The molecule has 0 aliphatic heterocycles. The summed E-state index contributed by atoms with van der Waals surface area (Å²) >= 11 is 7.43. The third-order valence-corrected chi connectivity index (χ3v) is 4.99. The average molecular weight is 376 g/mol. The van der Waals surface area contributed by atoms with Crippen molar-refractivity contribution in [3.05, 3.63) is 68.0 Å². The Balaban J connectivity index is 1.82. The largest absolute Gasteiger partial charge is 0.508 e. The van der Waals surface area contributed by atoms with Crippen molar-refractivity contribution in [2.24, 2.45) is 5.10 Å². The van der Waals surface area contributed by atoms with Gasteiger partial charge >= 0.3 is 0 Å². The van der Waals surface area contributed by atoms with Crippen molar-refractivity contribution in [3.63, 3.8) is 0 Å². The second kappa shape index (κ2) is 6.88. The van der Waals surface area contributed by atoms with Crippen molar-refractivity contribution < 1.29 is 14.8 Å². The summed E-state index contributed by atoms with van der Waals surface area (Å²) in [6.07, 6.45) is 1.09. The van der Waals surface area contributed by atoms with Crippen LogP contribution in [0.3, 0.4) is 0 Å². The lowest BCUT2D eigenvalue weighted by atomic mass is 10.2. The molecule has 3 rings (SSSR count). The molecule has 0 unspecified atom stereocenters. The van der Waals surface area contributed by atoms with Crippen molar-refractivity contribution in [3.8, 4) is 5.75 Å². The van der Waals surface area contributed by atoms with Gasteiger partial charge in [-0.05, 0) is 18.2 Å². The molecule has 1 amide bonds. The molecule has 25 heavy (non-hydrogen) atoms. The summed E-state index contributed by atoms with van der Waals surface area (Å²) in [6, 6.07) is 10.9. The molecular weight excluding hydrogens is 366 g/mol. The molecule has 0 atom stereocenters. The summed E-state index contributed by atoms with van der Waals surface area (Å²) in [4.78, 5) is 22.9. The van der Waals surface area contributed by atoms with Gasteiger partial charge in [-0.1, -0.05) is 29.8 Å². The number of hydrogen-bond acceptors (Lipinski definition) is 6. The summed E-state index contributed by atoms with van der Waals surface area (Å²) in [7, 11) is 0. The summed E-state index contributed by atoms with van der Waals surface area (Å²) in [5, 5.41) is 25.2. The van der Waals surface area contributed by atoms with Crippen molar-refractivity contribution >= 4 is 50.8 Å². The van der Waals surface area contributed by atoms with Crippen LogP contribution in [0, 0.1) is 10.1 Å². The van der Waals surface area contributed by atoms with Crippen LogP contribution in [0.5, 0.6) is 5.75 Å². The van der Waals surface area contributed by atoms with Gasteiger partial charge < -0.3 is 5.11 Å². The maximum absolute atomic E-state index is 12.2. The molecule has 0 bridgehead atoms. The Hall–Kier alpha value is -2.97. The number of halogens is 1. The molecule has 0 fully saturated rings. The standard InChI is InChI=1S/C16H10ClN3O4S/c17-14-11-3-1-2-4-13(11)25-15(14)16(22)19-18-8-9-7-10(21)5-6-12(9)20(23)24/h1-8,21H,(H,19,22)/b18-8-. The zero-order valence-electron chi connectivity index (χ0n) is 12.5. The van der Waals surface area contributed by atoms with Crippen molar-refractivity contribution in [2.75, 3.05) is 0 Å². The van der Waals surface area contributed by atoms with Gasteiger partial charge in [0.15, 0.2) is 0 Å². The third kappa shape index (κ3) is 3.44. The topological polar surface area (TPSA) is 105 Å². The molecule has 0 saturated heterocycles. The number of nitro groups is 1. The highest BCUT2D eigenvalue weighted by atomic mass is 35.5. The van der Waals surface area contributed by atoms with Crippen LogP contribution in [-0.2, 0) is 0 Å². The number of aromatic hydroxyl groups is 1. The van der Waals surface area contributed by atoms with Crippen LogP contribution < -0.4 is 5.43 Å². The molecule has 2 N–H and O–H groups in total. The lowest BCUT2D eigenvalue weighted by molar-refractivity contribution is -0.385. The van der Waals surface area contributed by atoms with Gasteiger partial charge in [0.2, 0.25) is 0 Å². The molecule has 126 valence electrons. The van der Waals surface area contributed by atoms with E-state index in [4.69, 9.17) is 11.6 Å². The summed E-state index contributed by atoms with van der Waals surface area (Å²) in [6.45, 7) is 0. The molecule has 0 spiro atoms. The van der Waals surface area contributed by atoms with Crippen LogP contribution in [0.25, 0.3) is 10.1 Å². The number of rotatable bonds is 4. The van der Waals surface area contributed by atoms with Crippen LogP contribution in [0.1, 0.15) is 15.2 Å². The van der Waals surface area contributed by atoms with Crippen LogP contribution in [-0.4, -0.2) is 22.2 Å². The van der Waals surface area contributed by atoms with Gasteiger partial charge in [-0.2, -0.15) is 5.10 Å². The SMILES string of the molecule is O=C(N/N=C\c1cc(O)ccc1[N+](=O)[O-])c1sc2ccccc2c1Cl. The molecule has 7 nitrogen and oxygen atoms in total. The maximum Gasteiger partial charge on any atom is 0.283 e. The molecule has 1 heterocycles. The molecule has 0 aliphatic carbocycles. The number of benzene rings is 2. The zero-order valence-corrected chi connectivity index (χ0v) is 14.0. The van der Waals surface area contributed by atoms with E-state index in [1.54, 1.807) is 0 Å². The van der Waals surface area contributed by atoms with Gasteiger partial charge in [0.1, 0.15) is 10.6 Å². The van der Waals surface area contributed by atoms with E-state index in [9.17, 15) is 20.0 Å². The van der Waals surface area contributed by atoms with E-state index >= 15 is 0 Å². The first-order valence-corrected chi connectivity index (χ1v) is 8.14. The molecular formula is C16H10ClN3O4S. The van der Waals surface area contributed by atoms with E-state index in [1.807, 2.05) is 24.3 Å². The fourth-order valence-corrected chi connectivity index (χ4v) is 3.59. The Labute approximate surface area is 150 Å². The van der Waals surface area contributed by atoms with Crippen molar-refractivity contribution in [2.45, 2.75) is 0 Å². The molecule has 0 radical (unpaired) electrons. The number of hydrogen-bond donors (Lipinski definition) is 2. The smallest absolute Gasteiger partial charge is 0.283 e. The first-order valence-electron chi connectivity index (χ1n) is 6.95. The number of phenolic OH excluding ortho intramolecular Hbond substituents is 1. The average Bonchev–Trinajstić information content (AvgIpc) is 2.92. The Morgan fingerprint density at radius 3 is 2.80 bits per heavy atom. The number of phenols is 1. The molecule has 9 heteroatoms. The second-order valence-corrected chi connectivity index (χ2v) is 6.37. The van der Waals surface area contributed by atoms with Gasteiger partial charge in [0, 0.05) is 16.2 Å². The maximum atomic E-state index is 12.2. The fourth-order valence-electron chi connectivity index (χ4n) is 2.18. The summed E-state index contributed by atoms with van der Waals surface area (Å²) < 4.78 is 0.866. The highest BCUT2D eigenvalue weighted by Crippen LogP contribution is 2.34. The number of amides is 1. The monoisotopic (exact) mass is 375 g/mol. The van der Waals surface area contributed by atoms with E-state index in [1.165, 1.54) is 23.5 Å². The van der Waals surface area contributed by atoms with Gasteiger partial charge in [0.05, 0.1) is 21.7 Å². The van der Waals surface area contributed by atoms with E-state index in [2.05, 4.69) is 10.5 Å². The van der Waals surface area contributed by atoms with Crippen LogP contribution in [0.15, 0.2) is 47.6 Å². The normalized spacial score (nSPS) is 11.1. The zero-order chi connectivity index (χ0) is 18.0. The molecule has 1 aromatic heterocycles. The number of carbonyl (C=O) groups is 1. The second-order valence-electron chi connectivity index (χ2n) is 4.94. The Kier molecular flexibility index (Phi) is 4.64. The first kappa shape index (κ1) is 16.9. The number of fused-ring (bicyclic) bond motifs is 1. The number of nitro benzene ring substituents is 1. The Morgan fingerprint density at radius 2 is 2.08 bits per heavy atom. The molecule has 0 saturated carbocycles. The van der Waals surface area contributed by atoms with Crippen LogP contribution in [0.4, 0.5) is 5.69 Å². The number of carbonyl (C=O) groups excluding carboxylic acids is 1. The highest BCUT2D eigenvalue weighted by Gasteiger charge is 2.17. The van der Waals surface area contributed by atoms with Crippen molar-refractivity contribution in [1.82, 2.24) is 5.43 Å². The van der Waals surface area contributed by atoms with E-state index in [-0.39, 0.29) is 17.0 Å². The van der Waals surface area contributed by atoms with Gasteiger partial charge in [-0.15, -0.1) is 11.3 Å². The number of nitrogens with one attached hydrogen (secondary N) is 1. The van der Waals surface area contributed by atoms with Crippen LogP contribution in [0.2, 0.25) is 5.02 Å². The number of hydrazone groups is 1. The minimum atomic E-state index is -0.606. The van der Waals surface area contributed by atoms with Gasteiger partial charge in [0.25, 0.3) is 11.6 Å². The lowest BCUT2D eigenvalue weighted by Gasteiger charge is -1.99. The predicted octanol–water partition coefficient (Wildman–Crippen LogP) is 3.93. The Morgan fingerprint density at radius 1 is 1.32 bits per heavy atom. The number of nitrogens with zero attached hydrogens (tertiary/aromatic N) is 2. The minimum Gasteiger partial charge on any atom is -0.508 e. The summed E-state index contributed by atoms with van der Waals surface area (Å²) in [5.74, 6) is -0.670. The Bertz CT molecular complexity index is 1020. The quantitative estimate of drug-likeness (QED) is 0.409. The van der Waals surface area contributed by atoms with E-state index < -0.39 is 10.8 Å². The van der Waals surface area contributed by atoms with Crippen molar-refractivity contribution in [1.29, 1.82) is 0 Å². The first-order chi connectivity index (χ1) is 12.0. The number of thiophene rings is 1. The third-order valence-electron chi connectivity index (χ3n) is 3.32. The fraction of sp³-hybridized carbons (Fsp3) is 0. The van der Waals surface area contributed by atoms with Gasteiger partial charge in [-0.3, -0.25) is 14.9 Å². The van der Waals surface area contributed by atoms with Crippen LogP contribution >= 0.6 is 22.9 Å². The highest BCUT2D eigenvalue weighted by molar-refractivity contribution is 7.21.